The maximum Gasteiger partial charge on any atom is 0.239 e. The number of carbonyl (C=O) groups excluding carboxylic acids is 1. The molecular formula is C12H22N2O2. The zero-order chi connectivity index (χ0) is 11.4. The number of nitrogens with zero attached hydrogens (tertiary/aromatic N) is 1. The molecule has 0 radical (unpaired) electrons. The Morgan fingerprint density at radius 2 is 2.12 bits per heavy atom. The molecule has 16 heavy (non-hydrogen) atoms. The van der Waals surface area contributed by atoms with E-state index < -0.39 is 0 Å². The number of hydrogen-bond acceptors (Lipinski definition) is 3. The molecule has 2 aliphatic rings. The van der Waals surface area contributed by atoms with Gasteiger partial charge in [0.05, 0.1) is 6.04 Å². The third-order valence-corrected chi connectivity index (χ3v) is 3.71. The maximum atomic E-state index is 12.3. The SMILES string of the molecule is O=C([C@@H]1CCCN1)N(CCCO)C1CCC1. The highest BCUT2D eigenvalue weighted by atomic mass is 16.3. The molecule has 1 amide bonds. The Morgan fingerprint density at radius 3 is 2.62 bits per heavy atom. The quantitative estimate of drug-likeness (QED) is 0.718. The normalized spacial score (nSPS) is 25.4. The molecule has 0 aromatic carbocycles. The number of amides is 1. The third-order valence-electron chi connectivity index (χ3n) is 3.71. The average molecular weight is 226 g/mol. The Labute approximate surface area is 97.0 Å². The molecule has 2 fully saturated rings. The highest BCUT2D eigenvalue weighted by molar-refractivity contribution is 5.82. The molecule has 92 valence electrons. The summed E-state index contributed by atoms with van der Waals surface area (Å²) in [6, 6.07) is 0.487. The van der Waals surface area contributed by atoms with E-state index in [0.29, 0.717) is 12.5 Å². The van der Waals surface area contributed by atoms with Crippen molar-refractivity contribution >= 4 is 5.91 Å². The van der Waals surface area contributed by atoms with Crippen LogP contribution >= 0.6 is 0 Å². The predicted molar refractivity (Wildman–Crippen MR) is 62.1 cm³/mol. The zero-order valence-corrected chi connectivity index (χ0v) is 9.82. The molecule has 1 heterocycles. The van der Waals surface area contributed by atoms with Crippen LogP contribution in [0.25, 0.3) is 0 Å². The fraction of sp³-hybridized carbons (Fsp3) is 0.917. The number of aliphatic hydroxyl groups is 1. The van der Waals surface area contributed by atoms with Gasteiger partial charge in [0, 0.05) is 19.2 Å². The van der Waals surface area contributed by atoms with Gasteiger partial charge in [0.15, 0.2) is 0 Å². The van der Waals surface area contributed by atoms with Crippen molar-refractivity contribution in [3.63, 3.8) is 0 Å². The lowest BCUT2D eigenvalue weighted by Crippen LogP contribution is -2.51. The summed E-state index contributed by atoms with van der Waals surface area (Å²) < 4.78 is 0. The Hall–Kier alpha value is -0.610. The minimum absolute atomic E-state index is 0.0410. The summed E-state index contributed by atoms with van der Waals surface area (Å²) in [5.74, 6) is 0.260. The lowest BCUT2D eigenvalue weighted by molar-refractivity contribution is -0.137. The Balaban J connectivity index is 1.90. The second-order valence-corrected chi connectivity index (χ2v) is 4.84. The van der Waals surface area contributed by atoms with Crippen molar-refractivity contribution in [2.45, 2.75) is 50.6 Å². The van der Waals surface area contributed by atoms with Crippen molar-refractivity contribution < 1.29 is 9.90 Å². The molecule has 1 aliphatic heterocycles. The highest BCUT2D eigenvalue weighted by Gasteiger charge is 2.33. The van der Waals surface area contributed by atoms with Crippen LogP contribution in [0.4, 0.5) is 0 Å². The number of rotatable bonds is 5. The Kier molecular flexibility index (Phi) is 4.18. The molecule has 2 N–H and O–H groups in total. The van der Waals surface area contributed by atoms with Gasteiger partial charge in [-0.1, -0.05) is 0 Å². The molecule has 0 unspecified atom stereocenters. The van der Waals surface area contributed by atoms with Crippen molar-refractivity contribution in [1.82, 2.24) is 10.2 Å². The van der Waals surface area contributed by atoms with Gasteiger partial charge in [-0.25, -0.2) is 0 Å². The number of nitrogens with one attached hydrogen (secondary N) is 1. The maximum absolute atomic E-state index is 12.3. The first-order chi connectivity index (χ1) is 7.83. The van der Waals surface area contributed by atoms with E-state index in [2.05, 4.69) is 5.32 Å². The van der Waals surface area contributed by atoms with Crippen LogP contribution in [0.1, 0.15) is 38.5 Å². The van der Waals surface area contributed by atoms with Crippen LogP contribution in [0.2, 0.25) is 0 Å². The molecule has 0 spiro atoms. The lowest BCUT2D eigenvalue weighted by atomic mass is 9.90. The van der Waals surface area contributed by atoms with Crippen LogP contribution in [0.5, 0.6) is 0 Å². The number of hydrogen-bond donors (Lipinski definition) is 2. The summed E-state index contributed by atoms with van der Waals surface area (Å²) in [5.41, 5.74) is 0. The van der Waals surface area contributed by atoms with Crippen molar-refractivity contribution in [3.05, 3.63) is 0 Å². The summed E-state index contributed by atoms with van der Waals surface area (Å²) in [6.07, 6.45) is 6.31. The van der Waals surface area contributed by atoms with Crippen LogP contribution in [0, 0.1) is 0 Å². The first kappa shape index (κ1) is 11.9. The van der Waals surface area contributed by atoms with Gasteiger partial charge < -0.3 is 15.3 Å². The van der Waals surface area contributed by atoms with Gasteiger partial charge in [0.2, 0.25) is 5.91 Å². The molecule has 1 saturated heterocycles. The van der Waals surface area contributed by atoms with Crippen LogP contribution in [0.15, 0.2) is 0 Å². The lowest BCUT2D eigenvalue weighted by Gasteiger charge is -2.39. The second-order valence-electron chi connectivity index (χ2n) is 4.84. The van der Waals surface area contributed by atoms with E-state index in [1.807, 2.05) is 4.90 Å². The van der Waals surface area contributed by atoms with Crippen molar-refractivity contribution in [2.24, 2.45) is 0 Å². The van der Waals surface area contributed by atoms with Gasteiger partial charge >= 0.3 is 0 Å². The summed E-state index contributed by atoms with van der Waals surface area (Å²) in [6.45, 7) is 1.86. The fourth-order valence-electron chi connectivity index (χ4n) is 2.51. The van der Waals surface area contributed by atoms with E-state index in [1.165, 1.54) is 6.42 Å². The van der Waals surface area contributed by atoms with E-state index in [0.717, 1.165) is 38.8 Å². The summed E-state index contributed by atoms with van der Waals surface area (Å²) in [5, 5.41) is 12.1. The molecule has 0 aromatic heterocycles. The summed E-state index contributed by atoms with van der Waals surface area (Å²) in [4.78, 5) is 14.3. The van der Waals surface area contributed by atoms with E-state index in [4.69, 9.17) is 5.11 Å². The minimum Gasteiger partial charge on any atom is -0.396 e. The predicted octanol–water partition coefficient (Wildman–Crippen LogP) is 0.502. The van der Waals surface area contributed by atoms with Gasteiger partial charge in [0.25, 0.3) is 0 Å². The molecule has 1 saturated carbocycles. The van der Waals surface area contributed by atoms with Crippen LogP contribution in [-0.4, -0.2) is 47.7 Å². The van der Waals surface area contributed by atoms with Crippen molar-refractivity contribution in [1.29, 1.82) is 0 Å². The largest absolute Gasteiger partial charge is 0.396 e. The molecule has 1 aliphatic carbocycles. The number of aliphatic hydroxyl groups excluding tert-OH is 1. The van der Waals surface area contributed by atoms with Gasteiger partial charge in [-0.05, 0) is 45.1 Å². The van der Waals surface area contributed by atoms with E-state index in [-0.39, 0.29) is 18.6 Å². The molecule has 2 rings (SSSR count). The van der Waals surface area contributed by atoms with Gasteiger partial charge in [-0.3, -0.25) is 4.79 Å². The van der Waals surface area contributed by atoms with E-state index in [1.54, 1.807) is 0 Å². The number of carbonyl (C=O) groups is 1. The zero-order valence-electron chi connectivity index (χ0n) is 9.82. The first-order valence-corrected chi connectivity index (χ1v) is 6.47. The highest BCUT2D eigenvalue weighted by Crippen LogP contribution is 2.26. The first-order valence-electron chi connectivity index (χ1n) is 6.47. The molecule has 0 aromatic rings. The molecule has 0 bridgehead atoms. The summed E-state index contributed by atoms with van der Waals surface area (Å²) >= 11 is 0. The minimum atomic E-state index is 0.0410. The van der Waals surface area contributed by atoms with Crippen LogP contribution in [-0.2, 0) is 4.79 Å². The third kappa shape index (κ3) is 2.55. The molecule has 4 nitrogen and oxygen atoms in total. The second kappa shape index (κ2) is 5.64. The smallest absolute Gasteiger partial charge is 0.239 e. The van der Waals surface area contributed by atoms with Gasteiger partial charge in [-0.15, -0.1) is 0 Å². The van der Waals surface area contributed by atoms with E-state index in [9.17, 15) is 4.79 Å². The van der Waals surface area contributed by atoms with Crippen molar-refractivity contribution in [2.75, 3.05) is 19.7 Å². The monoisotopic (exact) mass is 226 g/mol. The van der Waals surface area contributed by atoms with Crippen LogP contribution < -0.4 is 5.32 Å². The van der Waals surface area contributed by atoms with E-state index >= 15 is 0 Å². The standard InChI is InChI=1S/C12H22N2O2/c15-9-3-8-14(10-4-1-5-10)12(16)11-6-2-7-13-11/h10-11,13,15H,1-9H2/t11-/m0/s1. The topological polar surface area (TPSA) is 52.6 Å². The summed E-state index contributed by atoms with van der Waals surface area (Å²) in [7, 11) is 0. The van der Waals surface area contributed by atoms with Crippen molar-refractivity contribution in [3.8, 4) is 0 Å². The van der Waals surface area contributed by atoms with Gasteiger partial charge in [0.1, 0.15) is 0 Å². The molecule has 4 heteroatoms. The Bertz CT molecular complexity index is 235. The van der Waals surface area contributed by atoms with Gasteiger partial charge in [-0.2, -0.15) is 0 Å². The van der Waals surface area contributed by atoms with Crippen LogP contribution in [0.3, 0.4) is 0 Å². The molecule has 1 atom stereocenters. The fourth-order valence-corrected chi connectivity index (χ4v) is 2.51. The Morgan fingerprint density at radius 1 is 1.31 bits per heavy atom. The molecular weight excluding hydrogens is 204 g/mol. The average Bonchev–Trinajstić information content (AvgIpc) is 2.73.